The molecule has 0 saturated carbocycles. The lowest BCUT2D eigenvalue weighted by Crippen LogP contribution is -2.44. The van der Waals surface area contributed by atoms with Gasteiger partial charge in [-0.15, -0.1) is 11.3 Å². The lowest BCUT2D eigenvalue weighted by Gasteiger charge is -2.36. The van der Waals surface area contributed by atoms with E-state index in [4.69, 9.17) is 4.98 Å². The van der Waals surface area contributed by atoms with Crippen LogP contribution in [0.15, 0.2) is 0 Å². The summed E-state index contributed by atoms with van der Waals surface area (Å²) in [5.41, 5.74) is 1.41. The second-order valence-electron chi connectivity index (χ2n) is 6.52. The fourth-order valence-electron chi connectivity index (χ4n) is 3.46. The normalized spacial score (nSPS) is 27.8. The summed E-state index contributed by atoms with van der Waals surface area (Å²) in [6.45, 7) is 7.75. The molecule has 21 heavy (non-hydrogen) atoms. The topological polar surface area (TPSA) is 31.4 Å². The Labute approximate surface area is 132 Å². The average molecular weight is 308 g/mol. The maximum atomic E-state index is 5.10. The van der Waals surface area contributed by atoms with Crippen molar-refractivity contribution >= 4 is 11.3 Å². The number of nitrogens with zero attached hydrogens (tertiary/aromatic N) is 3. The van der Waals surface area contributed by atoms with Crippen LogP contribution in [0, 0.1) is 0 Å². The van der Waals surface area contributed by atoms with Crippen LogP contribution in [0.1, 0.15) is 47.3 Å². The van der Waals surface area contributed by atoms with E-state index in [-0.39, 0.29) is 0 Å². The molecule has 1 aromatic heterocycles. The highest BCUT2D eigenvalue weighted by Gasteiger charge is 2.30. The van der Waals surface area contributed by atoms with Gasteiger partial charge >= 0.3 is 0 Å². The molecule has 5 heteroatoms. The highest BCUT2D eigenvalue weighted by Crippen LogP contribution is 2.37. The highest BCUT2D eigenvalue weighted by atomic mass is 32.1. The van der Waals surface area contributed by atoms with Crippen LogP contribution in [-0.2, 0) is 6.42 Å². The van der Waals surface area contributed by atoms with Gasteiger partial charge < -0.3 is 10.2 Å². The number of likely N-dealkylation sites (N-methyl/N-ethyl adjacent to an activating group) is 3. The first-order valence-corrected chi connectivity index (χ1v) is 9.09. The molecule has 4 nitrogen and oxygen atoms in total. The third-order valence-corrected chi connectivity index (χ3v) is 6.10. The molecule has 2 unspecified atom stereocenters. The van der Waals surface area contributed by atoms with E-state index in [1.807, 2.05) is 11.3 Å². The van der Waals surface area contributed by atoms with E-state index in [0.29, 0.717) is 12.0 Å². The van der Waals surface area contributed by atoms with Gasteiger partial charge in [0, 0.05) is 37.0 Å². The summed E-state index contributed by atoms with van der Waals surface area (Å²) in [5.74, 6) is 0.630. The Morgan fingerprint density at radius 3 is 3.00 bits per heavy atom. The minimum absolute atomic E-state index is 0.485. The second kappa shape index (κ2) is 6.73. The Balaban J connectivity index is 1.80. The van der Waals surface area contributed by atoms with E-state index in [1.54, 1.807) is 4.88 Å². The van der Waals surface area contributed by atoms with Gasteiger partial charge in [-0.25, -0.2) is 4.98 Å². The predicted octanol–water partition coefficient (Wildman–Crippen LogP) is 2.09. The maximum Gasteiger partial charge on any atom is 0.112 e. The summed E-state index contributed by atoms with van der Waals surface area (Å²) >= 11 is 1.98. The largest absolute Gasteiger partial charge is 0.316 e. The Morgan fingerprint density at radius 2 is 2.19 bits per heavy atom. The molecule has 1 N–H and O–H groups in total. The first kappa shape index (κ1) is 15.4. The van der Waals surface area contributed by atoms with Crippen LogP contribution in [0.4, 0.5) is 0 Å². The van der Waals surface area contributed by atoms with Gasteiger partial charge in [-0.3, -0.25) is 4.90 Å². The molecule has 3 rings (SSSR count). The minimum Gasteiger partial charge on any atom is -0.316 e. The summed E-state index contributed by atoms with van der Waals surface area (Å²) in [4.78, 5) is 11.6. The highest BCUT2D eigenvalue weighted by molar-refractivity contribution is 7.11. The van der Waals surface area contributed by atoms with Crippen LogP contribution >= 0.6 is 11.3 Å². The van der Waals surface area contributed by atoms with Crippen LogP contribution in [0.2, 0.25) is 0 Å². The number of nitrogens with one attached hydrogen (secondary N) is 1. The van der Waals surface area contributed by atoms with Crippen molar-refractivity contribution in [1.82, 2.24) is 20.1 Å². The quantitative estimate of drug-likeness (QED) is 0.923. The molecule has 2 heterocycles. The molecule has 1 saturated heterocycles. The molecular formula is C16H28N4S. The van der Waals surface area contributed by atoms with Crippen molar-refractivity contribution in [1.29, 1.82) is 0 Å². The van der Waals surface area contributed by atoms with Gasteiger partial charge in [0.05, 0.1) is 11.7 Å². The zero-order chi connectivity index (χ0) is 14.8. The first-order chi connectivity index (χ1) is 10.2. The number of thiazole rings is 1. The Hall–Kier alpha value is -0.490. The standard InChI is InChI=1S/C16H28N4S/c1-4-17-10-12-6-5-7-14-15(12)18-16(21-14)13-11-19(2)8-9-20(13)3/h12-13,17H,4-11H2,1-3H3. The van der Waals surface area contributed by atoms with E-state index >= 15 is 0 Å². The molecule has 118 valence electrons. The fourth-order valence-corrected chi connectivity index (χ4v) is 4.81. The summed E-state index contributed by atoms with van der Waals surface area (Å²) in [7, 11) is 4.47. The van der Waals surface area contributed by atoms with E-state index in [2.05, 4.69) is 36.1 Å². The summed E-state index contributed by atoms with van der Waals surface area (Å²) < 4.78 is 0. The molecule has 1 fully saturated rings. The third-order valence-electron chi connectivity index (χ3n) is 4.86. The fraction of sp³-hybridized carbons (Fsp3) is 0.812. The molecule has 0 bridgehead atoms. The molecule has 1 aliphatic heterocycles. The van der Waals surface area contributed by atoms with Gasteiger partial charge in [-0.2, -0.15) is 0 Å². The number of piperazine rings is 1. The van der Waals surface area contributed by atoms with E-state index in [1.165, 1.54) is 36.5 Å². The number of hydrogen-bond donors (Lipinski definition) is 1. The lowest BCUT2D eigenvalue weighted by atomic mass is 9.91. The zero-order valence-electron chi connectivity index (χ0n) is 13.6. The van der Waals surface area contributed by atoms with Crippen molar-refractivity contribution < 1.29 is 0 Å². The molecule has 0 aromatic carbocycles. The first-order valence-electron chi connectivity index (χ1n) is 8.28. The van der Waals surface area contributed by atoms with E-state index < -0.39 is 0 Å². The van der Waals surface area contributed by atoms with Gasteiger partial charge in [-0.1, -0.05) is 6.92 Å². The molecule has 0 amide bonds. The lowest BCUT2D eigenvalue weighted by molar-refractivity contribution is 0.115. The van der Waals surface area contributed by atoms with Crippen molar-refractivity contribution in [3.63, 3.8) is 0 Å². The molecule has 0 spiro atoms. The molecule has 0 radical (unpaired) electrons. The Bertz CT molecular complexity index is 473. The maximum absolute atomic E-state index is 5.10. The SMILES string of the molecule is CCNCC1CCCc2sc(C3CN(C)CCN3C)nc21. The second-order valence-corrected chi connectivity index (χ2v) is 7.63. The van der Waals surface area contributed by atoms with Gasteiger partial charge in [0.1, 0.15) is 5.01 Å². The monoisotopic (exact) mass is 308 g/mol. The number of aromatic nitrogens is 1. The molecule has 2 atom stereocenters. The van der Waals surface area contributed by atoms with Crippen LogP contribution in [0.3, 0.4) is 0 Å². The Morgan fingerprint density at radius 1 is 1.33 bits per heavy atom. The molecule has 1 aromatic rings. The average Bonchev–Trinajstić information content (AvgIpc) is 2.92. The van der Waals surface area contributed by atoms with Gasteiger partial charge in [0.15, 0.2) is 0 Å². The molecular weight excluding hydrogens is 280 g/mol. The summed E-state index contributed by atoms with van der Waals surface area (Å²) in [6, 6.07) is 0.485. The van der Waals surface area contributed by atoms with Crippen molar-refractivity contribution in [3.05, 3.63) is 15.6 Å². The van der Waals surface area contributed by atoms with Crippen molar-refractivity contribution in [2.45, 2.75) is 38.1 Å². The minimum atomic E-state index is 0.485. The smallest absolute Gasteiger partial charge is 0.112 e. The Kier molecular flexibility index (Phi) is 4.94. The van der Waals surface area contributed by atoms with Crippen molar-refractivity contribution in [2.24, 2.45) is 0 Å². The van der Waals surface area contributed by atoms with Gasteiger partial charge in [-0.05, 0) is 39.9 Å². The summed E-state index contributed by atoms with van der Waals surface area (Å²) in [5, 5.41) is 4.85. The van der Waals surface area contributed by atoms with Gasteiger partial charge in [0.25, 0.3) is 0 Å². The van der Waals surface area contributed by atoms with E-state index in [0.717, 1.165) is 26.2 Å². The number of fused-ring (bicyclic) bond motifs is 1. The predicted molar refractivity (Wildman–Crippen MR) is 89.2 cm³/mol. The van der Waals surface area contributed by atoms with Crippen molar-refractivity contribution in [2.75, 3.05) is 46.8 Å². The third kappa shape index (κ3) is 3.31. The van der Waals surface area contributed by atoms with Crippen LogP contribution in [0.5, 0.6) is 0 Å². The molecule has 2 aliphatic rings. The van der Waals surface area contributed by atoms with E-state index in [9.17, 15) is 0 Å². The van der Waals surface area contributed by atoms with Gasteiger partial charge in [0.2, 0.25) is 0 Å². The zero-order valence-corrected chi connectivity index (χ0v) is 14.4. The number of hydrogen-bond acceptors (Lipinski definition) is 5. The van der Waals surface area contributed by atoms with Crippen LogP contribution in [0.25, 0.3) is 0 Å². The summed E-state index contributed by atoms with van der Waals surface area (Å²) in [6.07, 6.45) is 3.86. The van der Waals surface area contributed by atoms with Crippen molar-refractivity contribution in [3.8, 4) is 0 Å². The van der Waals surface area contributed by atoms with Crippen LogP contribution < -0.4 is 5.32 Å². The number of rotatable bonds is 4. The number of aryl methyl sites for hydroxylation is 1. The molecule has 1 aliphatic carbocycles. The van der Waals surface area contributed by atoms with Crippen LogP contribution in [-0.4, -0.2) is 61.6 Å².